The largest absolute Gasteiger partial charge is 0.356 e. The molecule has 0 N–H and O–H groups in total. The van der Waals surface area contributed by atoms with E-state index in [1.807, 2.05) is 0 Å². The van der Waals surface area contributed by atoms with Crippen LogP contribution in [0.25, 0.3) is 21.3 Å². The molecular formula is C21H25ClN4S. The van der Waals surface area contributed by atoms with Crippen molar-refractivity contribution in [2.75, 3.05) is 32.1 Å². The van der Waals surface area contributed by atoms with Crippen LogP contribution in [-0.2, 0) is 0 Å². The third kappa shape index (κ3) is 3.56. The van der Waals surface area contributed by atoms with Crippen LogP contribution < -0.4 is 4.90 Å². The van der Waals surface area contributed by atoms with Crippen molar-refractivity contribution in [2.45, 2.75) is 32.7 Å². The van der Waals surface area contributed by atoms with Crippen LogP contribution in [0.1, 0.15) is 23.3 Å². The number of likely N-dealkylation sites (tertiary alicyclic amines) is 1. The van der Waals surface area contributed by atoms with E-state index in [-0.39, 0.29) is 0 Å². The maximum absolute atomic E-state index is 6.31. The van der Waals surface area contributed by atoms with Crippen molar-refractivity contribution < 1.29 is 0 Å². The zero-order valence-corrected chi connectivity index (χ0v) is 17.9. The summed E-state index contributed by atoms with van der Waals surface area (Å²) in [5.41, 5.74) is 3.72. The van der Waals surface area contributed by atoms with Gasteiger partial charge in [0.1, 0.15) is 10.6 Å². The molecule has 0 unspecified atom stereocenters. The lowest BCUT2D eigenvalue weighted by atomic mass is 10.0. The van der Waals surface area contributed by atoms with Crippen molar-refractivity contribution in [2.24, 2.45) is 0 Å². The van der Waals surface area contributed by atoms with Crippen molar-refractivity contribution >= 4 is 39.0 Å². The van der Waals surface area contributed by atoms with Crippen molar-refractivity contribution in [3.05, 3.63) is 40.0 Å². The number of thiophene rings is 1. The number of fused-ring (bicyclic) bond motifs is 1. The number of nitrogens with zero attached hydrogens (tertiary/aromatic N) is 4. The maximum atomic E-state index is 6.31. The highest BCUT2D eigenvalue weighted by Gasteiger charge is 2.26. The second kappa shape index (κ2) is 7.38. The van der Waals surface area contributed by atoms with Crippen LogP contribution in [0, 0.1) is 13.8 Å². The van der Waals surface area contributed by atoms with Gasteiger partial charge in [-0.1, -0.05) is 29.8 Å². The number of hydrogen-bond donors (Lipinski definition) is 0. The molecule has 0 radical (unpaired) electrons. The minimum Gasteiger partial charge on any atom is -0.356 e. The minimum absolute atomic E-state index is 0.328. The third-order valence-corrected chi connectivity index (χ3v) is 6.76. The predicted molar refractivity (Wildman–Crippen MR) is 116 cm³/mol. The van der Waals surface area contributed by atoms with Gasteiger partial charge in [0.05, 0.1) is 5.39 Å². The van der Waals surface area contributed by atoms with Crippen molar-refractivity contribution in [1.82, 2.24) is 14.9 Å². The Hall–Kier alpha value is -1.69. The Kier molecular flexibility index (Phi) is 5.10. The average molecular weight is 401 g/mol. The van der Waals surface area contributed by atoms with Crippen molar-refractivity contribution in [3.63, 3.8) is 0 Å². The molecule has 0 spiro atoms. The zero-order valence-electron chi connectivity index (χ0n) is 16.3. The third-order valence-electron chi connectivity index (χ3n) is 5.59. The Balaban J connectivity index is 1.85. The van der Waals surface area contributed by atoms with Gasteiger partial charge in [0.15, 0.2) is 0 Å². The standard InChI is InChI=1S/C21H25ClN4S/c1-13-5-7-15(8-6-13)17-14(2)27-20-18(17)19(23-21(22)24-20)26(4)16-9-11-25(3)12-10-16/h5-8,16H,9-12H2,1-4H3. The van der Waals surface area contributed by atoms with E-state index < -0.39 is 0 Å². The Morgan fingerprint density at radius 1 is 1.11 bits per heavy atom. The summed E-state index contributed by atoms with van der Waals surface area (Å²) in [6.07, 6.45) is 2.28. The number of aryl methyl sites for hydroxylation is 2. The quantitative estimate of drug-likeness (QED) is 0.568. The van der Waals surface area contributed by atoms with Gasteiger partial charge in [0.2, 0.25) is 5.28 Å². The first-order chi connectivity index (χ1) is 12.9. The average Bonchev–Trinajstić information content (AvgIpc) is 2.97. The second-order valence-electron chi connectivity index (χ2n) is 7.54. The van der Waals surface area contributed by atoms with Gasteiger partial charge in [-0.05, 0) is 64.0 Å². The highest BCUT2D eigenvalue weighted by molar-refractivity contribution is 7.19. The summed E-state index contributed by atoms with van der Waals surface area (Å²) in [4.78, 5) is 16.2. The van der Waals surface area contributed by atoms with E-state index in [1.165, 1.54) is 21.6 Å². The van der Waals surface area contributed by atoms with Gasteiger partial charge < -0.3 is 9.80 Å². The normalized spacial score (nSPS) is 16.2. The van der Waals surface area contributed by atoms with Crippen LogP contribution in [0.15, 0.2) is 24.3 Å². The number of hydrogen-bond acceptors (Lipinski definition) is 5. The monoisotopic (exact) mass is 400 g/mol. The maximum Gasteiger partial charge on any atom is 0.225 e. The second-order valence-corrected chi connectivity index (χ2v) is 9.08. The molecule has 1 fully saturated rings. The highest BCUT2D eigenvalue weighted by Crippen LogP contribution is 2.42. The Morgan fingerprint density at radius 2 is 1.78 bits per heavy atom. The molecule has 0 amide bonds. The molecule has 3 aromatic rings. The summed E-state index contributed by atoms with van der Waals surface area (Å²) in [7, 11) is 4.34. The van der Waals surface area contributed by atoms with E-state index in [0.29, 0.717) is 11.3 Å². The minimum atomic E-state index is 0.328. The van der Waals surface area contributed by atoms with E-state index >= 15 is 0 Å². The Bertz CT molecular complexity index is 958. The molecule has 2 aromatic heterocycles. The molecule has 1 aliphatic heterocycles. The van der Waals surface area contributed by atoms with Gasteiger partial charge in [-0.3, -0.25) is 0 Å². The molecule has 0 bridgehead atoms. The van der Waals surface area contributed by atoms with Gasteiger partial charge in [0, 0.05) is 23.5 Å². The first-order valence-electron chi connectivity index (χ1n) is 9.39. The van der Waals surface area contributed by atoms with Crippen LogP contribution >= 0.6 is 22.9 Å². The van der Waals surface area contributed by atoms with Gasteiger partial charge in [-0.15, -0.1) is 11.3 Å². The lowest BCUT2D eigenvalue weighted by Gasteiger charge is -2.36. The summed E-state index contributed by atoms with van der Waals surface area (Å²) in [5, 5.41) is 1.46. The molecule has 1 aromatic carbocycles. The summed E-state index contributed by atoms with van der Waals surface area (Å²) >= 11 is 8.01. The number of piperidine rings is 1. The van der Waals surface area contributed by atoms with Gasteiger partial charge in [-0.25, -0.2) is 4.98 Å². The Morgan fingerprint density at radius 3 is 2.44 bits per heavy atom. The number of benzene rings is 1. The zero-order chi connectivity index (χ0) is 19.1. The molecule has 6 heteroatoms. The molecule has 3 heterocycles. The van der Waals surface area contributed by atoms with Crippen LogP contribution in [0.2, 0.25) is 5.28 Å². The summed E-state index contributed by atoms with van der Waals surface area (Å²) in [6.45, 7) is 6.51. The lowest BCUT2D eigenvalue weighted by molar-refractivity contribution is 0.252. The number of anilines is 1. The molecule has 1 saturated heterocycles. The smallest absolute Gasteiger partial charge is 0.225 e. The van der Waals surface area contributed by atoms with Gasteiger partial charge >= 0.3 is 0 Å². The first-order valence-corrected chi connectivity index (χ1v) is 10.6. The molecule has 0 saturated carbocycles. The fourth-order valence-electron chi connectivity index (χ4n) is 3.95. The molecule has 0 atom stereocenters. The van der Waals surface area contributed by atoms with Gasteiger partial charge in [-0.2, -0.15) is 4.98 Å². The molecule has 4 rings (SSSR count). The summed E-state index contributed by atoms with van der Waals surface area (Å²) in [6, 6.07) is 9.18. The highest BCUT2D eigenvalue weighted by atomic mass is 35.5. The topological polar surface area (TPSA) is 32.3 Å². The van der Waals surface area contributed by atoms with Gasteiger partial charge in [0.25, 0.3) is 0 Å². The van der Waals surface area contributed by atoms with Crippen molar-refractivity contribution in [1.29, 1.82) is 0 Å². The molecule has 0 aliphatic carbocycles. The number of aromatic nitrogens is 2. The number of halogens is 1. The first kappa shape index (κ1) is 18.7. The summed E-state index contributed by atoms with van der Waals surface area (Å²) < 4.78 is 0. The van der Waals surface area contributed by atoms with E-state index in [1.54, 1.807) is 11.3 Å². The van der Waals surface area contributed by atoms with Crippen LogP contribution in [0.3, 0.4) is 0 Å². The van der Waals surface area contributed by atoms with Crippen LogP contribution in [0.5, 0.6) is 0 Å². The SMILES string of the molecule is Cc1ccc(-c2c(C)sc3nc(Cl)nc(N(C)C4CCN(C)CC4)c23)cc1. The molecule has 142 valence electrons. The van der Waals surface area contributed by atoms with E-state index in [9.17, 15) is 0 Å². The molecule has 4 nitrogen and oxygen atoms in total. The predicted octanol–water partition coefficient (Wildman–Crippen LogP) is 5.16. The van der Waals surface area contributed by atoms with E-state index in [2.05, 4.69) is 72.0 Å². The van der Waals surface area contributed by atoms with Crippen LogP contribution in [-0.4, -0.2) is 48.1 Å². The van der Waals surface area contributed by atoms with E-state index in [4.69, 9.17) is 11.6 Å². The fourth-order valence-corrected chi connectivity index (χ4v) is 5.20. The molecular weight excluding hydrogens is 376 g/mol. The molecule has 1 aliphatic rings. The molecule has 27 heavy (non-hydrogen) atoms. The summed E-state index contributed by atoms with van der Waals surface area (Å²) in [5.74, 6) is 0.958. The number of rotatable bonds is 3. The van der Waals surface area contributed by atoms with Crippen molar-refractivity contribution in [3.8, 4) is 11.1 Å². The fraction of sp³-hybridized carbons (Fsp3) is 0.429. The Labute approximate surface area is 169 Å². The van der Waals surface area contributed by atoms with Crippen LogP contribution in [0.4, 0.5) is 5.82 Å². The lowest BCUT2D eigenvalue weighted by Crippen LogP contribution is -2.42. The van der Waals surface area contributed by atoms with E-state index in [0.717, 1.165) is 42.0 Å².